The fourth-order valence-electron chi connectivity index (χ4n) is 1.39. The van der Waals surface area contributed by atoms with Gasteiger partial charge in [0.25, 0.3) is 0 Å². The van der Waals surface area contributed by atoms with E-state index < -0.39 is 0 Å². The maximum Gasteiger partial charge on any atom is 0.0716 e. The molecular weight excluding hydrogens is 200 g/mol. The molecule has 0 heterocycles. The SMILES string of the molecule is C/C=C/C[C@H](O)CCOCc1ccccc1. The summed E-state index contributed by atoms with van der Waals surface area (Å²) >= 11 is 0. The minimum Gasteiger partial charge on any atom is -0.393 e. The van der Waals surface area contributed by atoms with Crippen LogP contribution in [0, 0.1) is 0 Å². The van der Waals surface area contributed by atoms with Gasteiger partial charge in [-0.3, -0.25) is 0 Å². The molecule has 2 heteroatoms. The average molecular weight is 220 g/mol. The van der Waals surface area contributed by atoms with Gasteiger partial charge in [-0.1, -0.05) is 42.5 Å². The number of ether oxygens (including phenoxy) is 1. The number of hydrogen-bond acceptors (Lipinski definition) is 2. The topological polar surface area (TPSA) is 29.5 Å². The van der Waals surface area contributed by atoms with Gasteiger partial charge in [-0.2, -0.15) is 0 Å². The summed E-state index contributed by atoms with van der Waals surface area (Å²) in [5.41, 5.74) is 1.17. The van der Waals surface area contributed by atoms with Crippen LogP contribution in [0.3, 0.4) is 0 Å². The van der Waals surface area contributed by atoms with Crippen LogP contribution in [0.25, 0.3) is 0 Å². The van der Waals surface area contributed by atoms with Crippen molar-refractivity contribution in [2.24, 2.45) is 0 Å². The van der Waals surface area contributed by atoms with Gasteiger partial charge in [-0.15, -0.1) is 0 Å². The van der Waals surface area contributed by atoms with Gasteiger partial charge >= 0.3 is 0 Å². The third-order valence-corrected chi connectivity index (χ3v) is 2.35. The molecule has 0 bridgehead atoms. The van der Waals surface area contributed by atoms with Crippen LogP contribution in [0.1, 0.15) is 25.3 Å². The zero-order valence-corrected chi connectivity index (χ0v) is 9.80. The molecule has 0 aromatic heterocycles. The minimum atomic E-state index is -0.285. The van der Waals surface area contributed by atoms with Crippen molar-refractivity contribution in [3.8, 4) is 0 Å². The monoisotopic (exact) mass is 220 g/mol. The molecule has 2 nitrogen and oxygen atoms in total. The lowest BCUT2D eigenvalue weighted by atomic mass is 10.2. The molecule has 1 atom stereocenters. The largest absolute Gasteiger partial charge is 0.393 e. The van der Waals surface area contributed by atoms with E-state index in [1.807, 2.05) is 49.4 Å². The lowest BCUT2D eigenvalue weighted by Crippen LogP contribution is -2.09. The summed E-state index contributed by atoms with van der Waals surface area (Å²) in [4.78, 5) is 0. The second kappa shape index (κ2) is 8.08. The van der Waals surface area contributed by atoms with Gasteiger partial charge in [0.1, 0.15) is 0 Å². The molecular formula is C14H20O2. The van der Waals surface area contributed by atoms with Crippen molar-refractivity contribution < 1.29 is 9.84 Å². The number of hydrogen-bond donors (Lipinski definition) is 1. The number of rotatable bonds is 7. The van der Waals surface area contributed by atoms with E-state index in [-0.39, 0.29) is 6.10 Å². The Balaban J connectivity index is 2.08. The maximum absolute atomic E-state index is 9.55. The Hall–Kier alpha value is -1.12. The van der Waals surface area contributed by atoms with Crippen molar-refractivity contribution in [2.75, 3.05) is 6.61 Å². The van der Waals surface area contributed by atoms with Crippen LogP contribution in [0.5, 0.6) is 0 Å². The van der Waals surface area contributed by atoms with Gasteiger partial charge in [-0.25, -0.2) is 0 Å². The highest BCUT2D eigenvalue weighted by Crippen LogP contribution is 2.03. The van der Waals surface area contributed by atoms with Gasteiger partial charge in [0.05, 0.1) is 12.7 Å². The Morgan fingerprint density at radius 2 is 2.06 bits per heavy atom. The lowest BCUT2D eigenvalue weighted by Gasteiger charge is -2.08. The van der Waals surface area contributed by atoms with Gasteiger partial charge in [0.15, 0.2) is 0 Å². The molecule has 0 spiro atoms. The van der Waals surface area contributed by atoms with Gasteiger partial charge in [-0.05, 0) is 25.3 Å². The first-order valence-corrected chi connectivity index (χ1v) is 5.74. The Morgan fingerprint density at radius 1 is 1.31 bits per heavy atom. The average Bonchev–Trinajstić information content (AvgIpc) is 2.33. The van der Waals surface area contributed by atoms with E-state index in [2.05, 4.69) is 0 Å². The van der Waals surface area contributed by atoms with Crippen molar-refractivity contribution >= 4 is 0 Å². The Morgan fingerprint density at radius 3 is 2.75 bits per heavy atom. The third kappa shape index (κ3) is 5.69. The van der Waals surface area contributed by atoms with Crippen LogP contribution in [0.2, 0.25) is 0 Å². The molecule has 16 heavy (non-hydrogen) atoms. The summed E-state index contributed by atoms with van der Waals surface area (Å²) in [6.45, 7) is 3.18. The molecule has 0 aliphatic heterocycles. The highest BCUT2D eigenvalue weighted by atomic mass is 16.5. The molecule has 1 aromatic rings. The second-order valence-corrected chi connectivity index (χ2v) is 3.79. The van der Waals surface area contributed by atoms with Crippen LogP contribution in [0.15, 0.2) is 42.5 Å². The van der Waals surface area contributed by atoms with Gasteiger partial charge < -0.3 is 9.84 Å². The summed E-state index contributed by atoms with van der Waals surface area (Å²) in [5, 5.41) is 9.55. The number of benzene rings is 1. The molecule has 0 radical (unpaired) electrons. The predicted molar refractivity (Wildman–Crippen MR) is 66.2 cm³/mol. The van der Waals surface area contributed by atoms with Crippen molar-refractivity contribution in [1.82, 2.24) is 0 Å². The molecule has 1 rings (SSSR count). The van der Waals surface area contributed by atoms with E-state index in [9.17, 15) is 5.11 Å². The number of aliphatic hydroxyl groups is 1. The quantitative estimate of drug-likeness (QED) is 0.565. The first-order valence-electron chi connectivity index (χ1n) is 5.74. The van der Waals surface area contributed by atoms with Crippen LogP contribution >= 0.6 is 0 Å². The molecule has 0 unspecified atom stereocenters. The molecule has 0 amide bonds. The molecule has 0 fully saturated rings. The van der Waals surface area contributed by atoms with E-state index in [0.717, 1.165) is 0 Å². The number of allylic oxidation sites excluding steroid dienone is 1. The third-order valence-electron chi connectivity index (χ3n) is 2.35. The summed E-state index contributed by atoms with van der Waals surface area (Å²) in [6, 6.07) is 10.1. The fraction of sp³-hybridized carbons (Fsp3) is 0.429. The van der Waals surface area contributed by atoms with Crippen molar-refractivity contribution in [3.05, 3.63) is 48.0 Å². The second-order valence-electron chi connectivity index (χ2n) is 3.79. The van der Waals surface area contributed by atoms with E-state index in [4.69, 9.17) is 4.74 Å². The summed E-state index contributed by atoms with van der Waals surface area (Å²) in [6.07, 6.45) is 5.05. The van der Waals surface area contributed by atoms with Crippen molar-refractivity contribution in [3.63, 3.8) is 0 Å². The Labute approximate surface area is 97.6 Å². The molecule has 1 N–H and O–H groups in total. The smallest absolute Gasteiger partial charge is 0.0716 e. The standard InChI is InChI=1S/C14H20O2/c1-2-3-9-14(15)10-11-16-12-13-7-5-4-6-8-13/h2-8,14-15H,9-12H2,1H3/b3-2+/t14-/m0/s1. The normalized spacial score (nSPS) is 13.1. The summed E-state index contributed by atoms with van der Waals surface area (Å²) in [5.74, 6) is 0. The molecule has 0 saturated heterocycles. The summed E-state index contributed by atoms with van der Waals surface area (Å²) in [7, 11) is 0. The molecule has 88 valence electrons. The summed E-state index contributed by atoms with van der Waals surface area (Å²) < 4.78 is 5.49. The highest BCUT2D eigenvalue weighted by molar-refractivity contribution is 5.13. The van der Waals surface area contributed by atoms with Crippen molar-refractivity contribution in [1.29, 1.82) is 0 Å². The lowest BCUT2D eigenvalue weighted by molar-refractivity contribution is 0.0746. The Kier molecular flexibility index (Phi) is 6.54. The van der Waals surface area contributed by atoms with Crippen molar-refractivity contribution in [2.45, 2.75) is 32.5 Å². The first kappa shape index (κ1) is 12.9. The molecule has 1 aromatic carbocycles. The van der Waals surface area contributed by atoms with E-state index in [1.165, 1.54) is 5.56 Å². The maximum atomic E-state index is 9.55. The van der Waals surface area contributed by atoms with E-state index in [1.54, 1.807) is 0 Å². The van der Waals surface area contributed by atoms with E-state index >= 15 is 0 Å². The zero-order valence-electron chi connectivity index (χ0n) is 9.80. The predicted octanol–water partition coefficient (Wildman–Crippen LogP) is 2.92. The van der Waals surface area contributed by atoms with Crippen LogP contribution < -0.4 is 0 Å². The Bertz CT molecular complexity index is 293. The van der Waals surface area contributed by atoms with Gasteiger partial charge in [0.2, 0.25) is 0 Å². The molecule has 0 saturated carbocycles. The highest BCUT2D eigenvalue weighted by Gasteiger charge is 2.01. The minimum absolute atomic E-state index is 0.285. The fourth-order valence-corrected chi connectivity index (χ4v) is 1.39. The zero-order chi connectivity index (χ0) is 11.6. The van der Waals surface area contributed by atoms with E-state index in [0.29, 0.717) is 26.1 Å². The number of aliphatic hydroxyl groups excluding tert-OH is 1. The molecule has 0 aliphatic carbocycles. The van der Waals surface area contributed by atoms with Crippen LogP contribution in [0.4, 0.5) is 0 Å². The van der Waals surface area contributed by atoms with Crippen LogP contribution in [-0.4, -0.2) is 17.8 Å². The van der Waals surface area contributed by atoms with Crippen LogP contribution in [-0.2, 0) is 11.3 Å². The molecule has 0 aliphatic rings. The van der Waals surface area contributed by atoms with Gasteiger partial charge in [0, 0.05) is 6.61 Å². The first-order chi connectivity index (χ1) is 7.83.